The number of rotatable bonds is 7. The number of carbonyl (C=O) groups excluding carboxylic acids is 1. The second-order valence-corrected chi connectivity index (χ2v) is 4.78. The van der Waals surface area contributed by atoms with Gasteiger partial charge in [0.05, 0.1) is 19.0 Å². The highest BCUT2D eigenvalue weighted by Crippen LogP contribution is 2.21. The van der Waals surface area contributed by atoms with Crippen LogP contribution in [0.3, 0.4) is 0 Å². The molecule has 1 N–H and O–H groups in total. The van der Waals surface area contributed by atoms with Gasteiger partial charge in [-0.1, -0.05) is 0 Å². The van der Waals surface area contributed by atoms with Gasteiger partial charge in [-0.05, 0) is 31.2 Å². The third kappa shape index (κ3) is 4.98. The van der Waals surface area contributed by atoms with Gasteiger partial charge in [0.15, 0.2) is 0 Å². The maximum absolute atomic E-state index is 11.6. The standard InChI is InChI=1S/C13H19NO3S/c1-3-17-11-4-6-12(7-5-11)18-10-13(16)14(2)8-9-15/h4-7,15H,3,8-10H2,1-2H3. The van der Waals surface area contributed by atoms with Crippen LogP contribution in [0, 0.1) is 0 Å². The number of aliphatic hydroxyl groups is 1. The van der Waals surface area contributed by atoms with Crippen LogP contribution < -0.4 is 4.74 Å². The van der Waals surface area contributed by atoms with E-state index in [9.17, 15) is 4.79 Å². The van der Waals surface area contributed by atoms with Gasteiger partial charge in [-0.25, -0.2) is 0 Å². The molecule has 4 nitrogen and oxygen atoms in total. The molecule has 1 aromatic rings. The van der Waals surface area contributed by atoms with Crippen LogP contribution in [0.2, 0.25) is 0 Å². The number of nitrogens with zero attached hydrogens (tertiary/aromatic N) is 1. The number of aliphatic hydroxyl groups excluding tert-OH is 1. The quantitative estimate of drug-likeness (QED) is 0.764. The van der Waals surface area contributed by atoms with E-state index in [0.29, 0.717) is 18.9 Å². The number of hydrogen-bond acceptors (Lipinski definition) is 4. The molecule has 0 saturated carbocycles. The summed E-state index contributed by atoms with van der Waals surface area (Å²) in [5.74, 6) is 1.23. The Hall–Kier alpha value is -1.20. The summed E-state index contributed by atoms with van der Waals surface area (Å²) in [5.41, 5.74) is 0. The zero-order valence-corrected chi connectivity index (χ0v) is 11.6. The van der Waals surface area contributed by atoms with Crippen molar-refractivity contribution in [2.75, 3.05) is 32.6 Å². The van der Waals surface area contributed by atoms with E-state index < -0.39 is 0 Å². The van der Waals surface area contributed by atoms with E-state index in [-0.39, 0.29) is 12.5 Å². The maximum Gasteiger partial charge on any atom is 0.232 e. The van der Waals surface area contributed by atoms with Gasteiger partial charge in [0.1, 0.15) is 5.75 Å². The summed E-state index contributed by atoms with van der Waals surface area (Å²) in [7, 11) is 1.69. The first-order valence-corrected chi connectivity index (χ1v) is 6.86. The van der Waals surface area contributed by atoms with Crippen LogP contribution in [-0.4, -0.2) is 48.5 Å². The number of amides is 1. The molecule has 0 radical (unpaired) electrons. The minimum Gasteiger partial charge on any atom is -0.494 e. The highest BCUT2D eigenvalue weighted by atomic mass is 32.2. The third-order valence-electron chi connectivity index (χ3n) is 2.36. The minimum absolute atomic E-state index is 0.00401. The Labute approximate surface area is 112 Å². The normalized spacial score (nSPS) is 10.2. The van der Waals surface area contributed by atoms with Crippen molar-refractivity contribution >= 4 is 17.7 Å². The summed E-state index contributed by atoms with van der Waals surface area (Å²) in [6.45, 7) is 2.97. The first-order valence-electron chi connectivity index (χ1n) is 5.88. The topological polar surface area (TPSA) is 49.8 Å². The fourth-order valence-electron chi connectivity index (χ4n) is 1.33. The van der Waals surface area contributed by atoms with E-state index in [0.717, 1.165) is 10.6 Å². The van der Waals surface area contributed by atoms with Crippen LogP contribution in [0.1, 0.15) is 6.92 Å². The minimum atomic E-state index is -0.00401. The van der Waals surface area contributed by atoms with Crippen LogP contribution in [-0.2, 0) is 4.79 Å². The van der Waals surface area contributed by atoms with Gasteiger partial charge in [0.25, 0.3) is 0 Å². The molecule has 100 valence electrons. The third-order valence-corrected chi connectivity index (χ3v) is 3.35. The van der Waals surface area contributed by atoms with Crippen LogP contribution in [0.5, 0.6) is 5.75 Å². The van der Waals surface area contributed by atoms with Crippen molar-refractivity contribution in [2.24, 2.45) is 0 Å². The summed E-state index contributed by atoms with van der Waals surface area (Å²) in [4.78, 5) is 14.2. The van der Waals surface area contributed by atoms with Crippen LogP contribution in [0.4, 0.5) is 0 Å². The number of carbonyl (C=O) groups is 1. The summed E-state index contributed by atoms with van der Waals surface area (Å²) < 4.78 is 5.34. The van der Waals surface area contributed by atoms with Gasteiger partial charge in [0, 0.05) is 18.5 Å². The number of likely N-dealkylation sites (N-methyl/N-ethyl adjacent to an activating group) is 1. The molecule has 0 aliphatic rings. The number of ether oxygens (including phenoxy) is 1. The smallest absolute Gasteiger partial charge is 0.232 e. The van der Waals surface area contributed by atoms with Gasteiger partial charge in [-0.3, -0.25) is 4.79 Å². The van der Waals surface area contributed by atoms with Crippen LogP contribution in [0.15, 0.2) is 29.2 Å². The lowest BCUT2D eigenvalue weighted by Crippen LogP contribution is -2.30. The second-order valence-electron chi connectivity index (χ2n) is 3.73. The Kier molecular flexibility index (Phi) is 6.60. The molecule has 0 aliphatic carbocycles. The summed E-state index contributed by atoms with van der Waals surface area (Å²) >= 11 is 1.48. The Morgan fingerprint density at radius 3 is 2.61 bits per heavy atom. The molecule has 0 unspecified atom stereocenters. The molecule has 18 heavy (non-hydrogen) atoms. The molecule has 0 atom stereocenters. The van der Waals surface area contributed by atoms with Crippen molar-refractivity contribution < 1.29 is 14.6 Å². The van der Waals surface area contributed by atoms with Gasteiger partial charge < -0.3 is 14.7 Å². The van der Waals surface area contributed by atoms with Crippen LogP contribution in [0.25, 0.3) is 0 Å². The lowest BCUT2D eigenvalue weighted by molar-refractivity contribution is -0.127. The fraction of sp³-hybridized carbons (Fsp3) is 0.462. The van der Waals surface area contributed by atoms with Crippen molar-refractivity contribution in [1.82, 2.24) is 4.90 Å². The molecular formula is C13H19NO3S. The molecule has 0 aromatic heterocycles. The average molecular weight is 269 g/mol. The SMILES string of the molecule is CCOc1ccc(SCC(=O)N(C)CCO)cc1. The number of hydrogen-bond donors (Lipinski definition) is 1. The highest BCUT2D eigenvalue weighted by Gasteiger charge is 2.08. The van der Waals surface area contributed by atoms with Crippen LogP contribution >= 0.6 is 11.8 Å². The number of benzene rings is 1. The lowest BCUT2D eigenvalue weighted by Gasteiger charge is -2.15. The molecule has 5 heteroatoms. The van der Waals surface area contributed by atoms with Crippen molar-refractivity contribution in [3.05, 3.63) is 24.3 Å². The van der Waals surface area contributed by atoms with Crippen molar-refractivity contribution in [2.45, 2.75) is 11.8 Å². The van der Waals surface area contributed by atoms with Gasteiger partial charge in [0.2, 0.25) is 5.91 Å². The molecule has 0 saturated heterocycles. The molecule has 1 rings (SSSR count). The fourth-order valence-corrected chi connectivity index (χ4v) is 2.17. The zero-order valence-electron chi connectivity index (χ0n) is 10.8. The van der Waals surface area contributed by atoms with E-state index >= 15 is 0 Å². The molecule has 0 bridgehead atoms. The predicted molar refractivity (Wildman–Crippen MR) is 73.1 cm³/mol. The largest absolute Gasteiger partial charge is 0.494 e. The summed E-state index contributed by atoms with van der Waals surface area (Å²) in [6.07, 6.45) is 0. The highest BCUT2D eigenvalue weighted by molar-refractivity contribution is 8.00. The predicted octanol–water partition coefficient (Wildman–Crippen LogP) is 1.63. The van der Waals surface area contributed by atoms with Gasteiger partial charge in [-0.2, -0.15) is 0 Å². The molecule has 1 amide bonds. The molecule has 0 aliphatic heterocycles. The summed E-state index contributed by atoms with van der Waals surface area (Å²) in [5, 5.41) is 8.74. The maximum atomic E-state index is 11.6. The van der Waals surface area contributed by atoms with E-state index in [1.165, 1.54) is 16.7 Å². The van der Waals surface area contributed by atoms with Gasteiger partial charge in [-0.15, -0.1) is 11.8 Å². The second kappa shape index (κ2) is 8.00. The molecule has 0 spiro atoms. The number of thioether (sulfide) groups is 1. The van der Waals surface area contributed by atoms with E-state index in [1.807, 2.05) is 31.2 Å². The average Bonchev–Trinajstić information content (AvgIpc) is 2.38. The van der Waals surface area contributed by atoms with E-state index in [2.05, 4.69) is 0 Å². The first-order chi connectivity index (χ1) is 8.67. The first kappa shape index (κ1) is 14.9. The Balaban J connectivity index is 2.41. The van der Waals surface area contributed by atoms with E-state index in [4.69, 9.17) is 9.84 Å². The monoisotopic (exact) mass is 269 g/mol. The Morgan fingerprint density at radius 1 is 1.39 bits per heavy atom. The lowest BCUT2D eigenvalue weighted by atomic mass is 10.3. The molecular weight excluding hydrogens is 250 g/mol. The molecule has 0 fully saturated rings. The van der Waals surface area contributed by atoms with E-state index in [1.54, 1.807) is 7.05 Å². The van der Waals surface area contributed by atoms with Gasteiger partial charge >= 0.3 is 0 Å². The Morgan fingerprint density at radius 2 is 2.06 bits per heavy atom. The van der Waals surface area contributed by atoms with Crippen molar-refractivity contribution in [3.8, 4) is 5.75 Å². The molecule has 1 aromatic carbocycles. The van der Waals surface area contributed by atoms with Crippen molar-refractivity contribution in [3.63, 3.8) is 0 Å². The van der Waals surface area contributed by atoms with Crippen molar-refractivity contribution in [1.29, 1.82) is 0 Å². The zero-order chi connectivity index (χ0) is 13.4. The molecule has 0 heterocycles. The Bertz CT molecular complexity index is 367. The summed E-state index contributed by atoms with van der Waals surface area (Å²) in [6, 6.07) is 7.67.